The third kappa shape index (κ3) is 2.27. The average Bonchev–Trinajstić information content (AvgIpc) is 2.43. The first-order chi connectivity index (χ1) is 10.5. The number of allylic oxidation sites excluding steroid dienone is 2. The summed E-state index contributed by atoms with van der Waals surface area (Å²) in [5, 5.41) is 21.3. The van der Waals surface area contributed by atoms with E-state index in [0.717, 1.165) is 12.8 Å². The van der Waals surface area contributed by atoms with Crippen molar-refractivity contribution in [2.45, 2.75) is 65.6 Å². The molecule has 6 unspecified atom stereocenters. The van der Waals surface area contributed by atoms with Crippen LogP contribution >= 0.6 is 0 Å². The highest BCUT2D eigenvalue weighted by molar-refractivity contribution is 5.85. The molecule has 0 aromatic heterocycles. The zero-order valence-electron chi connectivity index (χ0n) is 14.8. The van der Waals surface area contributed by atoms with Gasteiger partial charge in [-0.1, -0.05) is 45.4 Å². The molecule has 128 valence electrons. The zero-order chi connectivity index (χ0) is 17.2. The smallest absolute Gasteiger partial charge is 0.162 e. The van der Waals surface area contributed by atoms with Crippen molar-refractivity contribution >= 4 is 5.78 Å². The lowest BCUT2D eigenvalue weighted by atomic mass is 9.44. The van der Waals surface area contributed by atoms with Crippen LogP contribution in [0.2, 0.25) is 0 Å². The molecule has 23 heavy (non-hydrogen) atoms. The molecular weight excluding hydrogens is 288 g/mol. The molecule has 0 spiro atoms. The first-order valence-electron chi connectivity index (χ1n) is 8.79. The lowest BCUT2D eigenvalue weighted by molar-refractivity contribution is -0.169. The van der Waals surface area contributed by atoms with Gasteiger partial charge in [-0.05, 0) is 30.6 Å². The number of aliphatic hydroxyl groups is 2. The Bertz CT molecular complexity index is 575. The second-order valence-corrected chi connectivity index (χ2v) is 9.14. The van der Waals surface area contributed by atoms with Crippen LogP contribution in [-0.2, 0) is 4.79 Å². The standard InChI is InChI=1S/C20H30O3/c1-6-19(4)9-12-7-8-15-18(2,3)17(23)14(22)11-20(15,5)16(12)13(21)10-19/h6,9,13,15-17,21,23H,1,7-8,10-11H2,2-5H3. The monoisotopic (exact) mass is 318 g/mol. The molecule has 6 atom stereocenters. The molecule has 0 aliphatic heterocycles. The first-order valence-corrected chi connectivity index (χ1v) is 8.79. The van der Waals surface area contributed by atoms with Gasteiger partial charge in [0.1, 0.15) is 6.10 Å². The number of carbonyl (C=O) groups is 1. The van der Waals surface area contributed by atoms with Gasteiger partial charge in [-0.15, -0.1) is 6.58 Å². The van der Waals surface area contributed by atoms with Crippen LogP contribution in [0.3, 0.4) is 0 Å². The van der Waals surface area contributed by atoms with Crippen molar-refractivity contribution in [3.8, 4) is 0 Å². The highest BCUT2D eigenvalue weighted by Crippen LogP contribution is 2.63. The Morgan fingerprint density at radius 1 is 1.26 bits per heavy atom. The summed E-state index contributed by atoms with van der Waals surface area (Å²) in [6.45, 7) is 12.2. The lowest BCUT2D eigenvalue weighted by Gasteiger charge is -2.61. The van der Waals surface area contributed by atoms with E-state index in [0.29, 0.717) is 12.8 Å². The summed E-state index contributed by atoms with van der Waals surface area (Å²) >= 11 is 0. The molecule has 3 nitrogen and oxygen atoms in total. The van der Waals surface area contributed by atoms with Gasteiger partial charge in [-0.25, -0.2) is 0 Å². The fourth-order valence-corrected chi connectivity index (χ4v) is 6.01. The minimum Gasteiger partial charge on any atom is -0.392 e. The van der Waals surface area contributed by atoms with Crippen molar-refractivity contribution in [2.24, 2.45) is 28.1 Å². The summed E-state index contributed by atoms with van der Waals surface area (Å²) in [6, 6.07) is 0. The lowest BCUT2D eigenvalue weighted by Crippen LogP contribution is -2.61. The van der Waals surface area contributed by atoms with Crippen LogP contribution in [0.25, 0.3) is 0 Å². The van der Waals surface area contributed by atoms with Crippen molar-refractivity contribution in [3.63, 3.8) is 0 Å². The van der Waals surface area contributed by atoms with Crippen LogP contribution in [0.15, 0.2) is 24.3 Å². The Morgan fingerprint density at radius 3 is 2.52 bits per heavy atom. The number of ketones is 1. The number of hydrogen-bond acceptors (Lipinski definition) is 3. The molecule has 2 saturated carbocycles. The summed E-state index contributed by atoms with van der Waals surface area (Å²) in [7, 11) is 0. The molecule has 0 amide bonds. The highest BCUT2D eigenvalue weighted by Gasteiger charge is 2.61. The Balaban J connectivity index is 2.08. The minimum atomic E-state index is -0.884. The summed E-state index contributed by atoms with van der Waals surface area (Å²) in [5.41, 5.74) is 0.410. The summed E-state index contributed by atoms with van der Waals surface area (Å²) in [5.74, 6) is 0.192. The Morgan fingerprint density at radius 2 is 1.91 bits per heavy atom. The average molecular weight is 318 g/mol. The van der Waals surface area contributed by atoms with Gasteiger partial charge >= 0.3 is 0 Å². The fraction of sp³-hybridized carbons (Fsp3) is 0.750. The molecule has 3 rings (SSSR count). The fourth-order valence-electron chi connectivity index (χ4n) is 6.01. The molecule has 3 heteroatoms. The zero-order valence-corrected chi connectivity index (χ0v) is 14.8. The Kier molecular flexibility index (Phi) is 3.70. The molecule has 0 bridgehead atoms. The molecule has 3 aliphatic carbocycles. The number of Topliss-reactive ketones (excluding diaryl/α,β-unsaturated/α-hetero) is 1. The molecule has 2 fully saturated rings. The normalized spacial score (nSPS) is 49.0. The van der Waals surface area contributed by atoms with E-state index in [9.17, 15) is 15.0 Å². The quantitative estimate of drug-likeness (QED) is 0.730. The third-order valence-corrected chi connectivity index (χ3v) is 7.11. The highest BCUT2D eigenvalue weighted by atomic mass is 16.3. The predicted octanol–water partition coefficient (Wildman–Crippen LogP) is 3.26. The minimum absolute atomic E-state index is 0.0185. The van der Waals surface area contributed by atoms with E-state index >= 15 is 0 Å². The van der Waals surface area contributed by atoms with Crippen LogP contribution < -0.4 is 0 Å². The number of hydrogen-bond donors (Lipinski definition) is 2. The van der Waals surface area contributed by atoms with Gasteiger partial charge in [0.05, 0.1) is 6.10 Å². The van der Waals surface area contributed by atoms with Gasteiger partial charge in [0, 0.05) is 23.2 Å². The molecule has 0 heterocycles. The molecular formula is C20H30O3. The molecule has 0 aromatic carbocycles. The third-order valence-electron chi connectivity index (χ3n) is 7.11. The van der Waals surface area contributed by atoms with Crippen LogP contribution in [0.4, 0.5) is 0 Å². The second-order valence-electron chi connectivity index (χ2n) is 9.14. The largest absolute Gasteiger partial charge is 0.392 e. The number of rotatable bonds is 1. The summed E-state index contributed by atoms with van der Waals surface area (Å²) < 4.78 is 0. The predicted molar refractivity (Wildman–Crippen MR) is 90.7 cm³/mol. The van der Waals surface area contributed by atoms with Gasteiger partial charge in [-0.2, -0.15) is 0 Å². The maximum absolute atomic E-state index is 12.5. The van der Waals surface area contributed by atoms with E-state index in [1.54, 1.807) is 0 Å². The number of carbonyl (C=O) groups excluding carboxylic acids is 1. The van der Waals surface area contributed by atoms with Crippen LogP contribution in [0, 0.1) is 28.1 Å². The van der Waals surface area contributed by atoms with Gasteiger partial charge in [-0.3, -0.25) is 4.79 Å². The van der Waals surface area contributed by atoms with E-state index in [1.807, 2.05) is 19.9 Å². The molecule has 0 radical (unpaired) electrons. The molecule has 0 saturated heterocycles. The summed E-state index contributed by atoms with van der Waals surface area (Å²) in [6.07, 6.45) is 5.80. The topological polar surface area (TPSA) is 57.5 Å². The van der Waals surface area contributed by atoms with Gasteiger partial charge in [0.2, 0.25) is 0 Å². The number of fused-ring (bicyclic) bond motifs is 3. The molecule has 2 N–H and O–H groups in total. The van der Waals surface area contributed by atoms with Crippen LogP contribution in [0.5, 0.6) is 0 Å². The van der Waals surface area contributed by atoms with Gasteiger partial charge in [0.25, 0.3) is 0 Å². The van der Waals surface area contributed by atoms with Crippen molar-refractivity contribution in [2.75, 3.05) is 0 Å². The van der Waals surface area contributed by atoms with Gasteiger partial charge < -0.3 is 10.2 Å². The maximum Gasteiger partial charge on any atom is 0.162 e. The van der Waals surface area contributed by atoms with E-state index in [1.165, 1.54) is 5.57 Å². The van der Waals surface area contributed by atoms with Crippen molar-refractivity contribution in [3.05, 3.63) is 24.3 Å². The molecule has 3 aliphatic rings. The van der Waals surface area contributed by atoms with E-state index in [-0.39, 0.29) is 28.4 Å². The Hall–Kier alpha value is -0.930. The molecule has 0 aromatic rings. The van der Waals surface area contributed by atoms with Crippen LogP contribution in [-0.4, -0.2) is 28.2 Å². The van der Waals surface area contributed by atoms with Crippen LogP contribution in [0.1, 0.15) is 53.4 Å². The van der Waals surface area contributed by atoms with Crippen molar-refractivity contribution in [1.29, 1.82) is 0 Å². The summed E-state index contributed by atoms with van der Waals surface area (Å²) in [4.78, 5) is 12.5. The van der Waals surface area contributed by atoms with Gasteiger partial charge in [0.15, 0.2) is 5.78 Å². The van der Waals surface area contributed by atoms with E-state index in [4.69, 9.17) is 0 Å². The second kappa shape index (κ2) is 5.03. The van der Waals surface area contributed by atoms with Crippen molar-refractivity contribution in [1.82, 2.24) is 0 Å². The SMILES string of the molecule is C=CC1(C)C=C2CCC3C(C)(C)C(O)C(=O)CC3(C)C2C(O)C1. The maximum atomic E-state index is 12.5. The van der Waals surface area contributed by atoms with E-state index < -0.39 is 17.6 Å². The Labute approximate surface area is 139 Å². The number of aliphatic hydroxyl groups excluding tert-OH is 2. The van der Waals surface area contributed by atoms with Crippen molar-refractivity contribution < 1.29 is 15.0 Å². The van der Waals surface area contributed by atoms with E-state index in [2.05, 4.69) is 26.5 Å². The first kappa shape index (κ1) is 16.9.